The van der Waals surface area contributed by atoms with E-state index in [0.717, 1.165) is 49.7 Å². The molecule has 2 aliphatic rings. The number of hydrogen-bond acceptors (Lipinski definition) is 4. The number of unbranched alkanes of at least 4 members (excludes halogenated alkanes) is 1. The zero-order valence-corrected chi connectivity index (χ0v) is 20.6. The highest BCUT2D eigenvalue weighted by atomic mass is 16.2. The van der Waals surface area contributed by atoms with Gasteiger partial charge in [-0.25, -0.2) is 0 Å². The fraction of sp³-hybridized carbons (Fsp3) is 0.538. The molecule has 1 aliphatic carbocycles. The third kappa shape index (κ3) is 4.58. The summed E-state index contributed by atoms with van der Waals surface area (Å²) in [5.41, 5.74) is 2.34. The molecule has 8 heteroatoms. The largest absolute Gasteiger partial charge is 0.351 e. The maximum Gasteiger partial charge on any atom is 0.276 e. The van der Waals surface area contributed by atoms with Crippen LogP contribution in [0.4, 0.5) is 5.69 Å². The number of aryl methyl sites for hydroxylation is 2. The van der Waals surface area contributed by atoms with Crippen molar-refractivity contribution in [1.29, 1.82) is 0 Å². The molecule has 1 saturated carbocycles. The Kier molecular flexibility index (Phi) is 6.77. The first-order valence-electron chi connectivity index (χ1n) is 12.3. The highest BCUT2D eigenvalue weighted by molar-refractivity contribution is 6.06. The van der Waals surface area contributed by atoms with Gasteiger partial charge in [-0.05, 0) is 63.3 Å². The smallest absolute Gasteiger partial charge is 0.276 e. The van der Waals surface area contributed by atoms with Crippen molar-refractivity contribution in [1.82, 2.24) is 20.0 Å². The summed E-state index contributed by atoms with van der Waals surface area (Å²) in [6.07, 6.45) is 5.88. The van der Waals surface area contributed by atoms with E-state index < -0.39 is 5.54 Å². The number of nitrogens with one attached hydrogen (secondary N) is 2. The molecule has 8 nitrogen and oxygen atoms in total. The van der Waals surface area contributed by atoms with Crippen molar-refractivity contribution in [3.63, 3.8) is 0 Å². The standard InChI is InChI=1S/C26H35N5O3/c1-5-6-13-30-24(33)22-15-21(23(32)27-20-12-11-17(2)18(3)14-20)29-31(22)16-26(30,4)25(34)28-19-9-7-8-10-19/h11-12,14-15,19H,5-10,13,16H2,1-4H3,(H,27,32)(H,28,34)/t26-/m1/s1. The lowest BCUT2D eigenvalue weighted by molar-refractivity contribution is -0.133. The Bertz CT molecular complexity index is 1100. The fourth-order valence-electron chi connectivity index (χ4n) is 4.84. The van der Waals surface area contributed by atoms with Crippen molar-refractivity contribution < 1.29 is 14.4 Å². The fourth-order valence-corrected chi connectivity index (χ4v) is 4.84. The molecular weight excluding hydrogens is 430 g/mol. The van der Waals surface area contributed by atoms with Crippen LogP contribution in [0.5, 0.6) is 0 Å². The van der Waals surface area contributed by atoms with Crippen molar-refractivity contribution in [3.8, 4) is 0 Å². The van der Waals surface area contributed by atoms with E-state index in [1.165, 1.54) is 10.7 Å². The zero-order chi connectivity index (χ0) is 24.5. The molecule has 1 aromatic carbocycles. The molecule has 0 saturated heterocycles. The summed E-state index contributed by atoms with van der Waals surface area (Å²) in [5.74, 6) is -0.789. The molecule has 0 bridgehead atoms. The predicted octanol–water partition coefficient (Wildman–Crippen LogP) is 3.83. The molecule has 2 aromatic rings. The second-order valence-corrected chi connectivity index (χ2v) is 9.86. The van der Waals surface area contributed by atoms with Gasteiger partial charge in [-0.1, -0.05) is 32.3 Å². The Morgan fingerprint density at radius 3 is 2.56 bits per heavy atom. The summed E-state index contributed by atoms with van der Waals surface area (Å²) in [7, 11) is 0. The second-order valence-electron chi connectivity index (χ2n) is 9.86. The number of rotatable bonds is 7. The topological polar surface area (TPSA) is 96.3 Å². The number of carbonyl (C=O) groups is 3. The molecule has 0 radical (unpaired) electrons. The Labute approximate surface area is 201 Å². The van der Waals surface area contributed by atoms with Crippen LogP contribution in [0.25, 0.3) is 0 Å². The van der Waals surface area contributed by atoms with E-state index in [2.05, 4.69) is 22.7 Å². The minimum atomic E-state index is -1.06. The lowest BCUT2D eigenvalue weighted by Gasteiger charge is -2.43. The molecule has 2 heterocycles. The van der Waals surface area contributed by atoms with Crippen molar-refractivity contribution in [3.05, 3.63) is 46.8 Å². The van der Waals surface area contributed by atoms with Gasteiger partial charge >= 0.3 is 0 Å². The molecule has 4 rings (SSSR count). The lowest BCUT2D eigenvalue weighted by Crippen LogP contribution is -2.65. The summed E-state index contributed by atoms with van der Waals surface area (Å²) >= 11 is 0. The number of aromatic nitrogens is 2. The molecule has 1 atom stereocenters. The second kappa shape index (κ2) is 9.60. The molecule has 2 N–H and O–H groups in total. The van der Waals surface area contributed by atoms with Gasteiger partial charge in [0.05, 0.1) is 6.54 Å². The first kappa shape index (κ1) is 24.0. The molecule has 0 spiro atoms. The minimum absolute atomic E-state index is 0.147. The Morgan fingerprint density at radius 1 is 1.15 bits per heavy atom. The van der Waals surface area contributed by atoms with Crippen LogP contribution in [0.3, 0.4) is 0 Å². The van der Waals surface area contributed by atoms with Crippen molar-refractivity contribution in [2.75, 3.05) is 11.9 Å². The van der Waals surface area contributed by atoms with Crippen molar-refractivity contribution >= 4 is 23.4 Å². The van der Waals surface area contributed by atoms with E-state index in [1.807, 2.05) is 39.0 Å². The number of hydrogen-bond donors (Lipinski definition) is 2. The molecule has 3 amide bonds. The van der Waals surface area contributed by atoms with Gasteiger partial charge in [0.2, 0.25) is 5.91 Å². The summed E-state index contributed by atoms with van der Waals surface area (Å²) in [6.45, 7) is 8.57. The third-order valence-electron chi connectivity index (χ3n) is 7.21. The van der Waals surface area contributed by atoms with Gasteiger partial charge in [0.15, 0.2) is 5.69 Å². The van der Waals surface area contributed by atoms with Crippen LogP contribution in [0, 0.1) is 13.8 Å². The Morgan fingerprint density at radius 2 is 1.88 bits per heavy atom. The first-order valence-corrected chi connectivity index (χ1v) is 12.3. The average molecular weight is 466 g/mol. The molecule has 0 unspecified atom stereocenters. The lowest BCUT2D eigenvalue weighted by atomic mass is 9.94. The van der Waals surface area contributed by atoms with Gasteiger partial charge in [-0.2, -0.15) is 5.10 Å². The summed E-state index contributed by atoms with van der Waals surface area (Å²) in [6, 6.07) is 7.40. The van der Waals surface area contributed by atoms with E-state index in [9.17, 15) is 14.4 Å². The van der Waals surface area contributed by atoms with Gasteiger partial charge < -0.3 is 15.5 Å². The number of carbonyl (C=O) groups excluding carboxylic acids is 3. The quantitative estimate of drug-likeness (QED) is 0.650. The van der Waals surface area contributed by atoms with E-state index in [0.29, 0.717) is 17.9 Å². The van der Waals surface area contributed by atoms with E-state index in [1.54, 1.807) is 4.90 Å². The summed E-state index contributed by atoms with van der Waals surface area (Å²) < 4.78 is 1.52. The normalized spacial score (nSPS) is 20.4. The highest BCUT2D eigenvalue weighted by Gasteiger charge is 2.48. The van der Waals surface area contributed by atoms with Gasteiger partial charge in [-0.15, -0.1) is 0 Å². The molecular formula is C26H35N5O3. The van der Waals surface area contributed by atoms with Crippen LogP contribution in [0.15, 0.2) is 24.3 Å². The number of anilines is 1. The molecule has 1 fully saturated rings. The number of amides is 3. The van der Waals surface area contributed by atoms with Crippen LogP contribution in [0.2, 0.25) is 0 Å². The van der Waals surface area contributed by atoms with Crippen LogP contribution in [0.1, 0.15) is 84.5 Å². The monoisotopic (exact) mass is 465 g/mol. The van der Waals surface area contributed by atoms with Gasteiger partial charge in [0.25, 0.3) is 11.8 Å². The van der Waals surface area contributed by atoms with Crippen molar-refractivity contribution in [2.45, 2.75) is 84.3 Å². The third-order valence-corrected chi connectivity index (χ3v) is 7.21. The van der Waals surface area contributed by atoms with Crippen LogP contribution in [-0.2, 0) is 11.3 Å². The predicted molar refractivity (Wildman–Crippen MR) is 131 cm³/mol. The zero-order valence-electron chi connectivity index (χ0n) is 20.6. The summed E-state index contributed by atoms with van der Waals surface area (Å²) in [5, 5.41) is 10.5. The highest BCUT2D eigenvalue weighted by Crippen LogP contribution is 2.29. The maximum atomic E-state index is 13.5. The van der Waals surface area contributed by atoms with E-state index in [-0.39, 0.29) is 36.0 Å². The van der Waals surface area contributed by atoms with Gasteiger partial charge in [-0.3, -0.25) is 19.1 Å². The Hall–Kier alpha value is -3.16. The molecule has 34 heavy (non-hydrogen) atoms. The van der Waals surface area contributed by atoms with Crippen molar-refractivity contribution in [2.24, 2.45) is 0 Å². The van der Waals surface area contributed by atoms with E-state index in [4.69, 9.17) is 0 Å². The minimum Gasteiger partial charge on any atom is -0.351 e. The number of benzene rings is 1. The summed E-state index contributed by atoms with van der Waals surface area (Å²) in [4.78, 5) is 41.5. The van der Waals surface area contributed by atoms with Crippen LogP contribution >= 0.6 is 0 Å². The van der Waals surface area contributed by atoms with E-state index >= 15 is 0 Å². The molecule has 182 valence electrons. The average Bonchev–Trinajstić information content (AvgIpc) is 3.46. The Balaban J connectivity index is 1.59. The molecule has 1 aliphatic heterocycles. The first-order chi connectivity index (χ1) is 16.2. The van der Waals surface area contributed by atoms with Gasteiger partial charge in [0, 0.05) is 24.3 Å². The van der Waals surface area contributed by atoms with Crippen LogP contribution < -0.4 is 10.6 Å². The molecule has 1 aromatic heterocycles. The number of nitrogens with zero attached hydrogens (tertiary/aromatic N) is 3. The SMILES string of the molecule is CCCCN1C(=O)c2cc(C(=O)Nc3ccc(C)c(C)c3)nn2C[C@]1(C)C(=O)NC1CCCC1. The number of fused-ring (bicyclic) bond motifs is 1. The maximum absolute atomic E-state index is 13.5. The van der Waals surface area contributed by atoms with Crippen LogP contribution in [-0.4, -0.2) is 50.5 Å². The van der Waals surface area contributed by atoms with Gasteiger partial charge in [0.1, 0.15) is 11.2 Å².